The molecule has 2 aliphatic rings. The van der Waals surface area contributed by atoms with Crippen molar-refractivity contribution in [2.24, 2.45) is 0 Å². The van der Waals surface area contributed by atoms with Crippen LogP contribution in [0, 0.1) is 6.92 Å². The number of rotatable bonds is 17. The van der Waals surface area contributed by atoms with Gasteiger partial charge in [-0.1, -0.05) is 56.9 Å². The van der Waals surface area contributed by atoms with E-state index in [-0.39, 0.29) is 24.8 Å². The Kier molecular flexibility index (Phi) is 17.4. The van der Waals surface area contributed by atoms with Crippen LogP contribution in [0.3, 0.4) is 0 Å². The zero-order chi connectivity index (χ0) is 28.7. The number of hydrogen-bond acceptors (Lipinski definition) is 7. The van der Waals surface area contributed by atoms with Crippen LogP contribution < -0.4 is 29.3 Å². The monoisotopic (exact) mass is 579 g/mol. The number of ether oxygens (including phenoxy) is 1. The first-order chi connectivity index (χ1) is 19.4. The number of nitrogens with one attached hydrogen (secondary N) is 1. The van der Waals surface area contributed by atoms with Gasteiger partial charge in [0.25, 0.3) is 0 Å². The van der Waals surface area contributed by atoms with E-state index in [0.29, 0.717) is 36.8 Å². The Labute approximate surface area is 264 Å². The summed E-state index contributed by atoms with van der Waals surface area (Å²) in [6.07, 6.45) is 12.0. The summed E-state index contributed by atoms with van der Waals surface area (Å²) < 4.78 is 6.23. The molecular weight excluding hydrogens is 529 g/mol. The van der Waals surface area contributed by atoms with Crippen molar-refractivity contribution in [1.82, 2.24) is 15.1 Å². The standard InChI is InChI=1S/C32H51N3O4S.Li/c1-4-5-17-34(21-22-39-26-12-7-6-8-13-26)19-20-35-18-15-28(29(24-35)27-14-10-9-11-25(27)2)31(36)33-30(32(37)38)16-23-40-3;/h9-11,14,26,30H,4-8,12-13,15-24H2,1-3H3,(H,33,36)(H,37,38);/q;+1/p-1. The van der Waals surface area contributed by atoms with Crippen LogP contribution >= 0.6 is 11.8 Å². The third-order valence-corrected chi connectivity index (χ3v) is 8.89. The molecule has 1 N–H and O–H groups in total. The van der Waals surface area contributed by atoms with Crippen molar-refractivity contribution >= 4 is 29.2 Å². The molecule has 1 atom stereocenters. The molecule has 3 rings (SSSR count). The largest absolute Gasteiger partial charge is 1.00 e. The zero-order valence-corrected chi connectivity index (χ0v) is 26.7. The number of hydrogen-bond donors (Lipinski definition) is 1. The van der Waals surface area contributed by atoms with E-state index in [1.165, 1.54) is 44.9 Å². The number of thioether (sulfide) groups is 1. The Bertz CT molecular complexity index is 970. The number of carbonyl (C=O) groups excluding carboxylic acids is 2. The number of unbranched alkanes of at least 4 members (excludes halogenated alkanes) is 1. The normalized spacial score (nSPS) is 17.4. The summed E-state index contributed by atoms with van der Waals surface area (Å²) in [6.45, 7) is 10.5. The minimum atomic E-state index is -1.22. The second kappa shape index (κ2) is 19.8. The summed E-state index contributed by atoms with van der Waals surface area (Å²) in [6, 6.07) is 7.17. The average Bonchev–Trinajstić information content (AvgIpc) is 2.96. The van der Waals surface area contributed by atoms with Gasteiger partial charge < -0.3 is 20.0 Å². The smallest absolute Gasteiger partial charge is 0.548 e. The molecule has 0 bridgehead atoms. The van der Waals surface area contributed by atoms with Crippen LogP contribution in [0.5, 0.6) is 0 Å². The minimum Gasteiger partial charge on any atom is -0.548 e. The van der Waals surface area contributed by atoms with E-state index in [2.05, 4.69) is 41.1 Å². The predicted molar refractivity (Wildman–Crippen MR) is 163 cm³/mol. The second-order valence-corrected chi connectivity index (χ2v) is 12.2. The topological polar surface area (TPSA) is 84.9 Å². The van der Waals surface area contributed by atoms with Gasteiger partial charge in [-0.25, -0.2) is 0 Å². The minimum absolute atomic E-state index is 0. The number of aryl methyl sites for hydroxylation is 1. The summed E-state index contributed by atoms with van der Waals surface area (Å²) in [7, 11) is 0. The van der Waals surface area contributed by atoms with Crippen molar-refractivity contribution in [2.45, 2.75) is 83.8 Å². The molecule has 1 aliphatic carbocycles. The van der Waals surface area contributed by atoms with Crippen molar-refractivity contribution in [3.8, 4) is 0 Å². The Morgan fingerprint density at radius 2 is 1.93 bits per heavy atom. The molecule has 0 aromatic heterocycles. The van der Waals surface area contributed by atoms with Gasteiger partial charge in [-0.2, -0.15) is 11.8 Å². The molecule has 224 valence electrons. The number of carboxylic acids is 1. The van der Waals surface area contributed by atoms with Gasteiger partial charge in [-0.15, -0.1) is 0 Å². The first-order valence-electron chi connectivity index (χ1n) is 15.3. The van der Waals surface area contributed by atoms with Crippen LogP contribution in [0.2, 0.25) is 0 Å². The number of nitrogens with zero attached hydrogens (tertiary/aromatic N) is 2. The predicted octanol–water partition coefficient (Wildman–Crippen LogP) is 0.898. The maximum Gasteiger partial charge on any atom is 1.00 e. The molecular formula is C32H50LiN3O4S. The molecule has 1 aliphatic heterocycles. The Hall–Kier alpha value is -1.27. The molecule has 0 saturated heterocycles. The van der Waals surface area contributed by atoms with Crippen molar-refractivity contribution in [1.29, 1.82) is 0 Å². The quantitative estimate of drug-likeness (QED) is 0.275. The molecule has 0 spiro atoms. The zero-order valence-electron chi connectivity index (χ0n) is 25.9. The van der Waals surface area contributed by atoms with Gasteiger partial charge in [-0.3, -0.25) is 14.6 Å². The van der Waals surface area contributed by atoms with Gasteiger partial charge in [0, 0.05) is 38.3 Å². The van der Waals surface area contributed by atoms with Gasteiger partial charge in [0.05, 0.1) is 24.7 Å². The van der Waals surface area contributed by atoms with Gasteiger partial charge >= 0.3 is 18.9 Å². The van der Waals surface area contributed by atoms with Crippen molar-refractivity contribution in [3.05, 3.63) is 41.0 Å². The van der Waals surface area contributed by atoms with Crippen LogP contribution in [0.1, 0.15) is 75.8 Å². The van der Waals surface area contributed by atoms with E-state index in [0.717, 1.165) is 56.0 Å². The van der Waals surface area contributed by atoms with E-state index >= 15 is 0 Å². The van der Waals surface area contributed by atoms with E-state index < -0.39 is 12.0 Å². The third-order valence-electron chi connectivity index (χ3n) is 8.24. The number of carbonyl (C=O) groups is 2. The summed E-state index contributed by atoms with van der Waals surface area (Å²) >= 11 is 1.56. The molecule has 1 aromatic rings. The van der Waals surface area contributed by atoms with Gasteiger partial charge in [0.15, 0.2) is 0 Å². The molecule has 1 heterocycles. The number of aliphatic carboxylic acids is 1. The molecule has 1 saturated carbocycles. The van der Waals surface area contributed by atoms with Crippen molar-refractivity contribution in [2.75, 3.05) is 57.9 Å². The molecule has 41 heavy (non-hydrogen) atoms. The molecule has 1 aromatic carbocycles. The summed E-state index contributed by atoms with van der Waals surface area (Å²) in [5.74, 6) is -0.855. The molecule has 1 unspecified atom stereocenters. The fraction of sp³-hybridized carbons (Fsp3) is 0.688. The van der Waals surface area contributed by atoms with Crippen molar-refractivity contribution in [3.63, 3.8) is 0 Å². The second-order valence-electron chi connectivity index (χ2n) is 11.3. The number of amides is 1. The van der Waals surface area contributed by atoms with E-state index in [4.69, 9.17) is 4.74 Å². The summed E-state index contributed by atoms with van der Waals surface area (Å²) in [5.41, 5.74) is 3.89. The van der Waals surface area contributed by atoms with E-state index in [1.54, 1.807) is 11.8 Å². The Balaban J connectivity index is 0.00000588. The maximum atomic E-state index is 13.4. The van der Waals surface area contributed by atoms with Crippen LogP contribution in [0.15, 0.2) is 29.8 Å². The van der Waals surface area contributed by atoms with E-state index in [9.17, 15) is 14.7 Å². The number of benzene rings is 1. The average molecular weight is 580 g/mol. The fourth-order valence-electron chi connectivity index (χ4n) is 5.73. The van der Waals surface area contributed by atoms with Gasteiger partial charge in [0.1, 0.15) is 0 Å². The van der Waals surface area contributed by atoms with Crippen LogP contribution in [0.4, 0.5) is 0 Å². The van der Waals surface area contributed by atoms with Crippen LogP contribution in [0.25, 0.3) is 5.57 Å². The molecule has 1 fully saturated rings. The fourth-order valence-corrected chi connectivity index (χ4v) is 6.20. The summed E-state index contributed by atoms with van der Waals surface area (Å²) in [5, 5.41) is 14.5. The van der Waals surface area contributed by atoms with E-state index in [1.807, 2.05) is 18.4 Å². The van der Waals surface area contributed by atoms with Gasteiger partial charge in [-0.05, 0) is 74.3 Å². The molecule has 7 nitrogen and oxygen atoms in total. The van der Waals surface area contributed by atoms with Crippen LogP contribution in [-0.4, -0.2) is 91.7 Å². The maximum absolute atomic E-state index is 13.4. The molecule has 9 heteroatoms. The number of carboxylic acid groups (broad SMARTS) is 1. The first-order valence-corrected chi connectivity index (χ1v) is 16.7. The third kappa shape index (κ3) is 12.1. The Morgan fingerprint density at radius 3 is 2.61 bits per heavy atom. The molecule has 1 amide bonds. The Morgan fingerprint density at radius 1 is 1.17 bits per heavy atom. The first kappa shape index (κ1) is 35.9. The van der Waals surface area contributed by atoms with Gasteiger partial charge in [0.2, 0.25) is 5.91 Å². The molecule has 0 radical (unpaired) electrons. The van der Waals surface area contributed by atoms with Crippen LogP contribution in [-0.2, 0) is 14.3 Å². The van der Waals surface area contributed by atoms with Crippen molar-refractivity contribution < 1.29 is 38.3 Å². The summed E-state index contributed by atoms with van der Waals surface area (Å²) in [4.78, 5) is 30.1. The SMILES string of the molecule is CCCCN(CCOC1CCCCC1)CCN1CCC(C(=O)NC(CCSC)C(=O)[O-])=C(c2ccccc2C)C1.[Li+].